The van der Waals surface area contributed by atoms with Crippen LogP contribution in [0, 0.1) is 0 Å². The van der Waals surface area contributed by atoms with Gasteiger partial charge in [0.25, 0.3) is 0 Å². The third-order valence-electron chi connectivity index (χ3n) is 2.61. The van der Waals surface area contributed by atoms with Crippen LogP contribution < -0.4 is 0 Å². The van der Waals surface area contributed by atoms with E-state index in [1.54, 1.807) is 36.4 Å². The Kier molecular flexibility index (Phi) is 3.10. The summed E-state index contributed by atoms with van der Waals surface area (Å²) in [5.41, 5.74) is 1.08. The molecule has 3 heteroatoms. The number of carbonyl (C=O) groups excluding carboxylic acids is 1. The van der Waals surface area contributed by atoms with Crippen LogP contribution in [-0.4, -0.2) is 16.5 Å². The predicted molar refractivity (Wildman–Crippen MR) is 63.8 cm³/mol. The zero-order valence-electron chi connectivity index (χ0n) is 9.00. The number of benzene rings is 2. The number of phenolic OH excluding ortho intramolecular Hbond substituents is 2. The van der Waals surface area contributed by atoms with E-state index in [0.717, 1.165) is 5.56 Å². The third-order valence-corrected chi connectivity index (χ3v) is 2.61. The van der Waals surface area contributed by atoms with Gasteiger partial charge >= 0.3 is 0 Å². The van der Waals surface area contributed by atoms with Gasteiger partial charge in [0.15, 0.2) is 11.5 Å². The smallest absolute Gasteiger partial charge is 0.211 e. The van der Waals surface area contributed by atoms with Gasteiger partial charge in [0.2, 0.25) is 6.29 Å². The molecule has 1 atom stereocenters. The van der Waals surface area contributed by atoms with Gasteiger partial charge in [-0.25, -0.2) is 0 Å². The quantitative estimate of drug-likeness (QED) is 0.791. The molecule has 2 aromatic rings. The molecule has 1 unspecified atom stereocenters. The highest BCUT2D eigenvalue weighted by molar-refractivity contribution is 5.71. The normalized spacial score (nSPS) is 12.0. The molecule has 17 heavy (non-hydrogen) atoms. The topological polar surface area (TPSA) is 57.5 Å². The van der Waals surface area contributed by atoms with Crippen molar-refractivity contribution in [1.29, 1.82) is 0 Å². The van der Waals surface area contributed by atoms with Gasteiger partial charge in [-0.3, -0.25) is 4.79 Å². The van der Waals surface area contributed by atoms with Gasteiger partial charge in [-0.15, -0.1) is 0 Å². The second-order valence-electron chi connectivity index (χ2n) is 3.68. The van der Waals surface area contributed by atoms with E-state index in [9.17, 15) is 15.0 Å². The maximum absolute atomic E-state index is 11.1. The van der Waals surface area contributed by atoms with Crippen LogP contribution in [0.3, 0.4) is 0 Å². The molecule has 0 spiro atoms. The second kappa shape index (κ2) is 4.70. The lowest BCUT2D eigenvalue weighted by Crippen LogP contribution is -2.02. The molecule has 0 aliphatic carbocycles. The SMILES string of the molecule is O=[C]C(c1ccccc1)c1cccc(O)c1O. The van der Waals surface area contributed by atoms with Gasteiger partial charge in [-0.2, -0.15) is 0 Å². The Labute approximate surface area is 99.0 Å². The van der Waals surface area contributed by atoms with Crippen LogP contribution in [0.1, 0.15) is 17.0 Å². The summed E-state index contributed by atoms with van der Waals surface area (Å²) in [6.45, 7) is 0. The van der Waals surface area contributed by atoms with Crippen molar-refractivity contribution in [3.63, 3.8) is 0 Å². The number of hydrogen-bond acceptors (Lipinski definition) is 3. The molecule has 2 N–H and O–H groups in total. The maximum atomic E-state index is 11.1. The van der Waals surface area contributed by atoms with Gasteiger partial charge in [0.05, 0.1) is 5.92 Å². The van der Waals surface area contributed by atoms with Gasteiger partial charge in [-0.05, 0) is 11.6 Å². The van der Waals surface area contributed by atoms with Crippen LogP contribution in [0.15, 0.2) is 48.5 Å². The molecule has 0 aliphatic rings. The number of rotatable bonds is 3. The largest absolute Gasteiger partial charge is 0.504 e. The van der Waals surface area contributed by atoms with Crippen molar-refractivity contribution in [3.05, 3.63) is 59.7 Å². The Morgan fingerprint density at radius 3 is 2.29 bits per heavy atom. The fraction of sp³-hybridized carbons (Fsp3) is 0.0714. The highest BCUT2D eigenvalue weighted by Gasteiger charge is 2.19. The molecule has 85 valence electrons. The lowest BCUT2D eigenvalue weighted by Gasteiger charge is -2.12. The minimum absolute atomic E-state index is 0.237. The first-order chi connectivity index (χ1) is 8.24. The Bertz CT molecular complexity index is 520. The van der Waals surface area contributed by atoms with Gasteiger partial charge in [-0.1, -0.05) is 42.5 Å². The lowest BCUT2D eigenvalue weighted by molar-refractivity contribution is 0.399. The van der Waals surface area contributed by atoms with Gasteiger partial charge in [0.1, 0.15) is 0 Å². The molecular formula is C14H11O3. The van der Waals surface area contributed by atoms with E-state index in [1.165, 1.54) is 6.07 Å². The van der Waals surface area contributed by atoms with Crippen LogP contribution >= 0.6 is 0 Å². The first-order valence-electron chi connectivity index (χ1n) is 5.17. The average molecular weight is 227 g/mol. The fourth-order valence-electron chi connectivity index (χ4n) is 1.74. The van der Waals surface area contributed by atoms with E-state index in [1.807, 2.05) is 12.4 Å². The number of aromatic hydroxyl groups is 2. The monoisotopic (exact) mass is 227 g/mol. The Morgan fingerprint density at radius 1 is 0.941 bits per heavy atom. The van der Waals surface area contributed by atoms with E-state index in [2.05, 4.69) is 0 Å². The number of para-hydroxylation sites is 1. The molecule has 0 heterocycles. The third kappa shape index (κ3) is 2.13. The van der Waals surface area contributed by atoms with Crippen molar-refractivity contribution in [1.82, 2.24) is 0 Å². The standard InChI is InChI=1S/C14H11O3/c15-9-12(10-5-2-1-3-6-10)11-7-4-8-13(16)14(11)17/h1-8,12,16-17H. The van der Waals surface area contributed by atoms with Crippen LogP contribution in [0.5, 0.6) is 11.5 Å². The van der Waals surface area contributed by atoms with E-state index < -0.39 is 5.92 Å². The predicted octanol–water partition coefficient (Wildman–Crippen LogP) is 2.34. The summed E-state index contributed by atoms with van der Waals surface area (Å²) in [5.74, 6) is -1.20. The summed E-state index contributed by atoms with van der Waals surface area (Å²) < 4.78 is 0. The molecule has 3 nitrogen and oxygen atoms in total. The Balaban J connectivity index is 2.50. The summed E-state index contributed by atoms with van der Waals surface area (Å²) in [5, 5.41) is 19.1. The van der Waals surface area contributed by atoms with Crippen molar-refractivity contribution in [2.24, 2.45) is 0 Å². The summed E-state index contributed by atoms with van der Waals surface area (Å²) in [4.78, 5) is 11.1. The zero-order valence-corrected chi connectivity index (χ0v) is 9.00. The van der Waals surface area contributed by atoms with Crippen molar-refractivity contribution < 1.29 is 15.0 Å². The van der Waals surface area contributed by atoms with Crippen LogP contribution in [0.2, 0.25) is 0 Å². The molecule has 0 fully saturated rings. The van der Waals surface area contributed by atoms with Gasteiger partial charge < -0.3 is 10.2 Å². The first-order valence-corrected chi connectivity index (χ1v) is 5.17. The molecular weight excluding hydrogens is 216 g/mol. The molecule has 0 saturated heterocycles. The summed E-state index contributed by atoms with van der Waals surface area (Å²) in [6.07, 6.45) is 1.88. The molecule has 0 bridgehead atoms. The van der Waals surface area contributed by atoms with E-state index >= 15 is 0 Å². The van der Waals surface area contributed by atoms with Crippen LogP contribution in [0.4, 0.5) is 0 Å². The van der Waals surface area contributed by atoms with Crippen LogP contribution in [0.25, 0.3) is 0 Å². The minimum atomic E-state index is -0.691. The Hall–Kier alpha value is -2.29. The van der Waals surface area contributed by atoms with Crippen molar-refractivity contribution in [2.75, 3.05) is 0 Å². The molecule has 0 saturated carbocycles. The maximum Gasteiger partial charge on any atom is 0.211 e. The molecule has 0 aliphatic heterocycles. The second-order valence-corrected chi connectivity index (χ2v) is 3.68. The highest BCUT2D eigenvalue weighted by atomic mass is 16.3. The summed E-state index contributed by atoms with van der Waals surface area (Å²) in [7, 11) is 0. The summed E-state index contributed by atoms with van der Waals surface area (Å²) >= 11 is 0. The van der Waals surface area contributed by atoms with Gasteiger partial charge in [0, 0.05) is 5.56 Å². The minimum Gasteiger partial charge on any atom is -0.504 e. The summed E-state index contributed by atoms with van der Waals surface area (Å²) in [6, 6.07) is 13.5. The average Bonchev–Trinajstić information content (AvgIpc) is 2.37. The van der Waals surface area contributed by atoms with E-state index in [-0.39, 0.29) is 11.5 Å². The van der Waals surface area contributed by atoms with Crippen molar-refractivity contribution in [3.8, 4) is 11.5 Å². The lowest BCUT2D eigenvalue weighted by atomic mass is 9.92. The molecule has 0 aromatic heterocycles. The fourth-order valence-corrected chi connectivity index (χ4v) is 1.74. The van der Waals surface area contributed by atoms with Crippen molar-refractivity contribution in [2.45, 2.75) is 5.92 Å². The van der Waals surface area contributed by atoms with E-state index in [0.29, 0.717) is 5.56 Å². The number of phenols is 2. The molecule has 2 rings (SSSR count). The zero-order chi connectivity index (χ0) is 12.3. The highest BCUT2D eigenvalue weighted by Crippen LogP contribution is 2.35. The molecule has 1 radical (unpaired) electrons. The van der Waals surface area contributed by atoms with Crippen molar-refractivity contribution >= 4 is 6.29 Å². The number of hydrogen-bond donors (Lipinski definition) is 2. The Morgan fingerprint density at radius 2 is 1.65 bits per heavy atom. The van der Waals surface area contributed by atoms with Crippen LogP contribution in [-0.2, 0) is 4.79 Å². The molecule has 0 amide bonds. The molecule has 2 aromatic carbocycles. The van der Waals surface area contributed by atoms with E-state index in [4.69, 9.17) is 0 Å². The first kappa shape index (κ1) is 11.2.